The van der Waals surface area contributed by atoms with Gasteiger partial charge in [0, 0.05) is 75.2 Å². The van der Waals surface area contributed by atoms with Crippen molar-refractivity contribution in [3.63, 3.8) is 0 Å². The second-order valence-electron chi connectivity index (χ2n) is 19.8. The molecule has 4 aromatic rings. The molecule has 15 heteroatoms. The first-order valence-corrected chi connectivity index (χ1v) is 25.5. The minimum Gasteiger partial charge on any atom is -0.585 e. The van der Waals surface area contributed by atoms with Crippen LogP contribution in [0.5, 0.6) is 0 Å². The molecule has 2 aromatic carbocycles. The molecule has 362 valence electrons. The summed E-state index contributed by atoms with van der Waals surface area (Å²) in [6.45, 7) is 12.0. The number of ether oxygens (including phenoxy) is 2. The molecule has 3 amide bonds. The number of nitrogens with one attached hydrogen (secondary N) is 2. The van der Waals surface area contributed by atoms with Crippen LogP contribution in [0.1, 0.15) is 102 Å². The van der Waals surface area contributed by atoms with Gasteiger partial charge in [0.1, 0.15) is 29.5 Å². The average Bonchev–Trinajstić information content (AvgIpc) is 4.13. The number of aryl methyl sites for hydroxylation is 1. The number of fused-ring (bicyclic) bond motifs is 6. The molecule has 2 N–H and O–H groups in total. The lowest BCUT2D eigenvalue weighted by Crippen LogP contribution is -2.62. The Labute approximate surface area is 404 Å². The Morgan fingerprint density at radius 2 is 1.84 bits per heavy atom. The molecule has 1 saturated carbocycles. The van der Waals surface area contributed by atoms with E-state index in [1.807, 2.05) is 25.1 Å². The van der Waals surface area contributed by atoms with Gasteiger partial charge in [-0.25, -0.2) is 5.43 Å². The number of carbonyl (C=O) groups is 4. The first-order chi connectivity index (χ1) is 32.7. The zero-order valence-corrected chi connectivity index (χ0v) is 41.5. The monoisotopic (exact) mass is 945 g/mol. The Balaban J connectivity index is 1.18. The van der Waals surface area contributed by atoms with E-state index in [9.17, 15) is 23.7 Å². The third-order valence-electron chi connectivity index (χ3n) is 14.4. The maximum atomic E-state index is 14.9. The first-order valence-electron chi connectivity index (χ1n) is 24.3. The van der Waals surface area contributed by atoms with Gasteiger partial charge in [0.25, 0.3) is 5.91 Å². The number of likely N-dealkylation sites (N-methyl/N-ethyl adjacent to an activating group) is 1. The molecule has 1 unspecified atom stereocenters. The number of hydrogen-bond donors (Lipinski definition) is 2. The molecular weight excluding hydrogens is 879 g/mol. The van der Waals surface area contributed by atoms with Crippen LogP contribution in [0.15, 0.2) is 60.8 Å². The van der Waals surface area contributed by atoms with Crippen molar-refractivity contribution in [3.8, 4) is 33.6 Å². The fourth-order valence-electron chi connectivity index (χ4n) is 10.9. The summed E-state index contributed by atoms with van der Waals surface area (Å²) >= 11 is -1.50. The molecule has 1 aliphatic carbocycles. The summed E-state index contributed by atoms with van der Waals surface area (Å²) in [6.07, 6.45) is 7.31. The van der Waals surface area contributed by atoms with Gasteiger partial charge in [-0.1, -0.05) is 57.0 Å². The second kappa shape index (κ2) is 21.2. The minimum atomic E-state index is -1.50. The van der Waals surface area contributed by atoms with E-state index in [-0.39, 0.29) is 42.8 Å². The maximum Gasteiger partial charge on any atom is 0.324 e. The van der Waals surface area contributed by atoms with Crippen LogP contribution in [-0.4, -0.2) is 111 Å². The standard InChI is InChI=1S/C53H67N7O7S/c1-8-27-68(65)58-26-23-39(32-58)50(62)57(6)47(36-16-10-11-17-36)49(61)55-44-29-35-15-12-18-37(28-35)38-21-22-45-41(30-38)42(48(59(45)9-2)40-19-13-24-54-46(40)34(3)66-7)31-53(4,5)33-67-52(64)43-20-14-25-60(56-43)51(44)63/h12-13,15,18-19,21-22,24,28,30,34,36,39,43-44,47,56H,9-11,14,16-17,20,23,25-26,29,31-33H2,1-7H3,(H,55,61)/t34-,39-,43-,44-,47-,68?/m0/s1. The van der Waals surface area contributed by atoms with Gasteiger partial charge in [-0.2, -0.15) is 0 Å². The summed E-state index contributed by atoms with van der Waals surface area (Å²) in [7, 11) is 3.38. The molecule has 6 bridgehead atoms. The number of nitrogens with zero attached hydrogens (tertiary/aromatic N) is 5. The molecule has 3 fully saturated rings. The van der Waals surface area contributed by atoms with Crippen molar-refractivity contribution in [3.05, 3.63) is 77.6 Å². The Bertz CT molecular complexity index is 2580. The van der Waals surface area contributed by atoms with Crippen LogP contribution < -0.4 is 10.7 Å². The van der Waals surface area contributed by atoms with Crippen LogP contribution in [0.4, 0.5) is 0 Å². The Kier molecular flexibility index (Phi) is 15.3. The number of pyridine rings is 1. The number of cyclic esters (lactones) is 1. The van der Waals surface area contributed by atoms with Gasteiger partial charge >= 0.3 is 5.97 Å². The third kappa shape index (κ3) is 10.4. The normalized spacial score (nSPS) is 22.7. The molecular formula is C53H67N7O7S. The van der Waals surface area contributed by atoms with E-state index < -0.39 is 46.8 Å². The predicted octanol–water partition coefficient (Wildman–Crippen LogP) is 6.73. The molecule has 2 saturated heterocycles. The molecule has 4 aliphatic rings. The summed E-state index contributed by atoms with van der Waals surface area (Å²) < 4.78 is 28.7. The number of amides is 3. The molecule has 68 heavy (non-hydrogen) atoms. The Hall–Kier alpha value is -5.24. The summed E-state index contributed by atoms with van der Waals surface area (Å²) in [5, 5.41) is 8.40. The van der Waals surface area contributed by atoms with Gasteiger partial charge in [0.15, 0.2) is 5.25 Å². The van der Waals surface area contributed by atoms with E-state index in [0.29, 0.717) is 51.9 Å². The smallest absolute Gasteiger partial charge is 0.324 e. The Morgan fingerprint density at radius 3 is 2.59 bits per heavy atom. The van der Waals surface area contributed by atoms with Crippen molar-refractivity contribution in [1.29, 1.82) is 0 Å². The molecule has 3 aliphatic heterocycles. The molecule has 2 aromatic heterocycles. The summed E-state index contributed by atoms with van der Waals surface area (Å²) in [6, 6.07) is 16.1. The van der Waals surface area contributed by atoms with Gasteiger partial charge in [0.05, 0.1) is 36.6 Å². The van der Waals surface area contributed by atoms with E-state index in [2.05, 4.69) is 83.7 Å². The SMILES string of the molecule is CC#C[S+]([O-])N1CC[C@H](C(=O)N(C)[C@H](C(=O)N[C@H]2Cc3cccc(c3)-c3ccc4c(c3)c(c(-c3cccnc3[C@H](C)OC)n4CC)CC(C)(C)COC(=O)[C@@H]3CCCN(N3)C2=O)C2CCCC2)C1. The van der Waals surface area contributed by atoms with Crippen LogP contribution in [0.3, 0.4) is 0 Å². The topological polar surface area (TPSA) is 161 Å². The van der Waals surface area contributed by atoms with Gasteiger partial charge in [0.2, 0.25) is 11.8 Å². The predicted molar refractivity (Wildman–Crippen MR) is 263 cm³/mol. The number of hydrogen-bond acceptors (Lipinski definition) is 10. The summed E-state index contributed by atoms with van der Waals surface area (Å²) in [5.74, 6) is 0.792. The maximum absolute atomic E-state index is 14.9. The number of carbonyl (C=O) groups excluding carboxylic acids is 4. The lowest BCUT2D eigenvalue weighted by atomic mass is 9.84. The fourth-order valence-corrected chi connectivity index (χ4v) is 11.8. The molecule has 8 rings (SSSR count). The zero-order valence-electron chi connectivity index (χ0n) is 40.6. The van der Waals surface area contributed by atoms with E-state index in [1.54, 1.807) is 36.5 Å². The first kappa shape index (κ1) is 49.2. The number of aromatic nitrogens is 2. The summed E-state index contributed by atoms with van der Waals surface area (Å²) in [4.78, 5) is 64.4. The summed E-state index contributed by atoms with van der Waals surface area (Å²) in [5.41, 5.74) is 10.6. The van der Waals surface area contributed by atoms with E-state index in [4.69, 9.17) is 14.5 Å². The number of methoxy groups -OCH3 is 1. The van der Waals surface area contributed by atoms with Gasteiger partial charge in [-0.05, 0) is 111 Å². The number of hydrazine groups is 1. The van der Waals surface area contributed by atoms with Crippen LogP contribution in [0.2, 0.25) is 0 Å². The average molecular weight is 946 g/mol. The van der Waals surface area contributed by atoms with Crippen molar-refractivity contribution in [1.82, 2.24) is 34.5 Å². The highest BCUT2D eigenvalue weighted by Gasteiger charge is 2.43. The highest BCUT2D eigenvalue weighted by molar-refractivity contribution is 7.93. The number of rotatable bonds is 10. The van der Waals surface area contributed by atoms with E-state index in [0.717, 1.165) is 75.8 Å². The van der Waals surface area contributed by atoms with Gasteiger partial charge in [-0.15, -0.1) is 4.31 Å². The van der Waals surface area contributed by atoms with Crippen molar-refractivity contribution in [2.24, 2.45) is 17.3 Å². The molecule has 0 radical (unpaired) electrons. The van der Waals surface area contributed by atoms with Crippen LogP contribution in [0.25, 0.3) is 33.3 Å². The van der Waals surface area contributed by atoms with Crippen LogP contribution >= 0.6 is 0 Å². The zero-order chi connectivity index (χ0) is 48.3. The largest absolute Gasteiger partial charge is 0.585 e. The molecule has 0 spiro atoms. The quantitative estimate of drug-likeness (QED) is 0.0992. The van der Waals surface area contributed by atoms with Crippen molar-refractivity contribution < 1.29 is 33.2 Å². The molecule has 14 nitrogen and oxygen atoms in total. The number of benzene rings is 2. The van der Waals surface area contributed by atoms with E-state index in [1.165, 1.54) is 5.01 Å². The Morgan fingerprint density at radius 1 is 1.06 bits per heavy atom. The van der Waals surface area contributed by atoms with Crippen molar-refractivity contribution in [2.45, 2.75) is 123 Å². The van der Waals surface area contributed by atoms with E-state index >= 15 is 0 Å². The highest BCUT2D eigenvalue weighted by atomic mass is 32.2. The minimum absolute atomic E-state index is 0.0910. The third-order valence-corrected chi connectivity index (χ3v) is 15.6. The number of esters is 1. The molecule has 5 heterocycles. The van der Waals surface area contributed by atoms with Crippen LogP contribution in [0, 0.1) is 28.4 Å². The second-order valence-corrected chi connectivity index (χ2v) is 21.0. The highest BCUT2D eigenvalue weighted by Crippen LogP contribution is 2.42. The molecule has 6 atom stereocenters. The van der Waals surface area contributed by atoms with Gasteiger partial charge in [-0.3, -0.25) is 29.2 Å². The van der Waals surface area contributed by atoms with Crippen LogP contribution in [-0.2, 0) is 59.4 Å². The van der Waals surface area contributed by atoms with Gasteiger partial charge < -0.3 is 28.8 Å². The lowest BCUT2D eigenvalue weighted by Gasteiger charge is -2.37. The van der Waals surface area contributed by atoms with Crippen molar-refractivity contribution >= 4 is 46.0 Å². The fraction of sp³-hybridized carbons (Fsp3) is 0.528. The lowest BCUT2D eigenvalue weighted by molar-refractivity contribution is -0.155. The van der Waals surface area contributed by atoms with Crippen molar-refractivity contribution in [2.75, 3.05) is 40.4 Å².